The average molecular weight is 530 g/mol. The van der Waals surface area contributed by atoms with Gasteiger partial charge in [0.15, 0.2) is 0 Å². The van der Waals surface area contributed by atoms with Gasteiger partial charge in [0.05, 0.1) is 12.0 Å². The third kappa shape index (κ3) is 5.58. The molecule has 0 unspecified atom stereocenters. The molecule has 190 valence electrons. The van der Waals surface area contributed by atoms with Gasteiger partial charge in [-0.25, -0.2) is 18.6 Å². The first-order chi connectivity index (χ1) is 17.2. The second-order valence-electron chi connectivity index (χ2n) is 8.43. The number of amides is 2. The quantitative estimate of drug-likeness (QED) is 0.450. The molecule has 3 aromatic carbocycles. The van der Waals surface area contributed by atoms with Crippen LogP contribution in [0, 0.1) is 0 Å². The molecule has 0 saturated carbocycles. The molecule has 1 saturated heterocycles. The summed E-state index contributed by atoms with van der Waals surface area (Å²) in [6.07, 6.45) is -1.14. The van der Waals surface area contributed by atoms with Gasteiger partial charge in [0, 0.05) is 24.6 Å². The van der Waals surface area contributed by atoms with Crippen molar-refractivity contribution in [3.8, 4) is 5.75 Å². The smallest absolute Gasteiger partial charge is 0.423 e. The van der Waals surface area contributed by atoms with Crippen molar-refractivity contribution in [2.24, 2.45) is 0 Å². The van der Waals surface area contributed by atoms with E-state index < -0.39 is 28.1 Å². The molecule has 1 fully saturated rings. The van der Waals surface area contributed by atoms with Gasteiger partial charge in [0.2, 0.25) is 10.0 Å². The number of ether oxygens (including phenoxy) is 1. The van der Waals surface area contributed by atoms with Crippen molar-refractivity contribution >= 4 is 44.6 Å². The lowest BCUT2D eigenvalue weighted by molar-refractivity contribution is -0.135. The summed E-state index contributed by atoms with van der Waals surface area (Å²) in [5.74, 6) is 0.744. The van der Waals surface area contributed by atoms with Crippen molar-refractivity contribution < 1.29 is 27.9 Å². The third-order valence-electron chi connectivity index (χ3n) is 6.07. The minimum atomic E-state index is -4.03. The number of nitrogens with zero attached hydrogens (tertiary/aromatic N) is 2. The zero-order valence-corrected chi connectivity index (χ0v) is 21.5. The van der Waals surface area contributed by atoms with Crippen molar-refractivity contribution in [1.29, 1.82) is 0 Å². The van der Waals surface area contributed by atoms with Gasteiger partial charge in [-0.2, -0.15) is 16.1 Å². The highest BCUT2D eigenvalue weighted by Gasteiger charge is 2.45. The van der Waals surface area contributed by atoms with E-state index in [1.54, 1.807) is 31.0 Å². The maximum absolute atomic E-state index is 13.7. The van der Waals surface area contributed by atoms with E-state index in [9.17, 15) is 18.0 Å². The summed E-state index contributed by atoms with van der Waals surface area (Å²) in [5, 5.41) is 11.4. The number of nitrogens with one attached hydrogen (secondary N) is 1. The Balaban J connectivity index is 1.59. The molecule has 0 aliphatic carbocycles. The number of hydrazine groups is 1. The third-order valence-corrected chi connectivity index (χ3v) is 9.25. The van der Waals surface area contributed by atoms with Crippen molar-refractivity contribution in [3.05, 3.63) is 72.3 Å². The summed E-state index contributed by atoms with van der Waals surface area (Å²) in [6, 6.07) is 18.9. The van der Waals surface area contributed by atoms with Crippen LogP contribution in [0.25, 0.3) is 10.8 Å². The van der Waals surface area contributed by atoms with Crippen LogP contribution in [0.1, 0.15) is 12.0 Å². The first kappa shape index (κ1) is 25.8. The second kappa shape index (κ2) is 10.8. The van der Waals surface area contributed by atoms with Gasteiger partial charge in [-0.15, -0.1) is 0 Å². The van der Waals surface area contributed by atoms with Crippen LogP contribution in [0.4, 0.5) is 4.79 Å². The molecule has 0 bridgehead atoms. The predicted molar refractivity (Wildman–Crippen MR) is 138 cm³/mol. The molecule has 2 N–H and O–H groups in total. The summed E-state index contributed by atoms with van der Waals surface area (Å²) >= 11 is 1.56. The van der Waals surface area contributed by atoms with Crippen LogP contribution in [-0.2, 0) is 20.6 Å². The first-order valence-corrected chi connectivity index (χ1v) is 13.7. The van der Waals surface area contributed by atoms with Gasteiger partial charge in [-0.1, -0.05) is 42.5 Å². The Labute approximate surface area is 214 Å². The fraction of sp³-hybridized carbons (Fsp3) is 0.280. The number of methoxy groups -OCH3 is 1. The highest BCUT2D eigenvalue weighted by atomic mass is 32.2. The Bertz CT molecular complexity index is 1360. The fourth-order valence-corrected chi connectivity index (χ4v) is 7.17. The van der Waals surface area contributed by atoms with Crippen molar-refractivity contribution in [2.75, 3.05) is 20.7 Å². The van der Waals surface area contributed by atoms with Crippen molar-refractivity contribution in [2.45, 2.75) is 28.4 Å². The van der Waals surface area contributed by atoms with E-state index in [0.717, 1.165) is 27.1 Å². The zero-order chi connectivity index (χ0) is 25.9. The Kier molecular flexibility index (Phi) is 7.72. The molecule has 9 nitrogen and oxygen atoms in total. The van der Waals surface area contributed by atoms with E-state index in [1.165, 1.54) is 17.4 Å². The summed E-state index contributed by atoms with van der Waals surface area (Å²) in [4.78, 5) is 24.3. The van der Waals surface area contributed by atoms with Crippen LogP contribution in [-0.4, -0.2) is 66.8 Å². The number of fused-ring (bicyclic) bond motifs is 1. The maximum Gasteiger partial charge on any atom is 0.423 e. The van der Waals surface area contributed by atoms with E-state index in [0.29, 0.717) is 5.75 Å². The highest BCUT2D eigenvalue weighted by molar-refractivity contribution is 7.99. The van der Waals surface area contributed by atoms with E-state index in [1.807, 2.05) is 54.0 Å². The van der Waals surface area contributed by atoms with E-state index in [2.05, 4.69) is 0 Å². The first-order valence-electron chi connectivity index (χ1n) is 11.2. The molecule has 0 spiro atoms. The number of benzene rings is 3. The van der Waals surface area contributed by atoms with Crippen molar-refractivity contribution in [3.63, 3.8) is 0 Å². The maximum atomic E-state index is 13.7. The molecule has 1 aliphatic rings. The molecular weight excluding hydrogens is 502 g/mol. The summed E-state index contributed by atoms with van der Waals surface area (Å²) in [6.45, 7) is 0.132. The monoisotopic (exact) mass is 529 g/mol. The van der Waals surface area contributed by atoms with Crippen LogP contribution in [0.5, 0.6) is 5.75 Å². The molecule has 36 heavy (non-hydrogen) atoms. The molecule has 4 rings (SSSR count). The minimum Gasteiger partial charge on any atom is -0.497 e. The lowest BCUT2D eigenvalue weighted by Gasteiger charge is -2.26. The topological polar surface area (TPSA) is 116 Å². The van der Waals surface area contributed by atoms with Gasteiger partial charge in [-0.3, -0.25) is 9.80 Å². The molecule has 1 aliphatic heterocycles. The van der Waals surface area contributed by atoms with E-state index >= 15 is 0 Å². The van der Waals surface area contributed by atoms with Gasteiger partial charge in [0.1, 0.15) is 11.8 Å². The standard InChI is InChI=1S/C25H27N3O6S2/c1-27(26-25(30)31)24(29)23-14-21(35-16-17-7-10-20(34-2)11-8-17)15-28(23)36(32,33)22-12-9-18-5-3-4-6-19(18)13-22/h3-13,21,23,26H,14-16H2,1-2H3,(H,30,31)/t21-,23+/m1/s1. The number of sulfonamides is 1. The number of thioether (sulfide) groups is 1. The number of carbonyl (C=O) groups excluding carboxylic acids is 1. The average Bonchev–Trinajstić information content (AvgIpc) is 3.31. The second-order valence-corrected chi connectivity index (χ2v) is 11.6. The van der Waals surface area contributed by atoms with E-state index in [-0.39, 0.29) is 23.1 Å². The highest BCUT2D eigenvalue weighted by Crippen LogP contribution is 2.35. The lowest BCUT2D eigenvalue weighted by atomic mass is 10.1. The molecule has 2 amide bonds. The summed E-state index contributed by atoms with van der Waals surface area (Å²) in [5.41, 5.74) is 3.04. The lowest BCUT2D eigenvalue weighted by Crippen LogP contribution is -2.52. The number of carbonyl (C=O) groups is 2. The Hall–Kier alpha value is -3.28. The van der Waals surface area contributed by atoms with Crippen molar-refractivity contribution in [1.82, 2.24) is 14.7 Å². The van der Waals surface area contributed by atoms with Crippen LogP contribution < -0.4 is 10.2 Å². The number of rotatable bonds is 7. The molecular formula is C25H27N3O6S2. The minimum absolute atomic E-state index is 0.0913. The Morgan fingerprint density at radius 2 is 1.81 bits per heavy atom. The van der Waals surface area contributed by atoms with E-state index in [4.69, 9.17) is 9.84 Å². The molecule has 2 atom stereocenters. The Morgan fingerprint density at radius 3 is 2.47 bits per heavy atom. The molecule has 0 radical (unpaired) electrons. The summed E-state index contributed by atoms with van der Waals surface area (Å²) < 4.78 is 33.8. The van der Waals surface area contributed by atoms with Gasteiger partial charge < -0.3 is 9.84 Å². The number of hydrogen-bond donors (Lipinski definition) is 2. The molecule has 3 aromatic rings. The predicted octanol–water partition coefficient (Wildman–Crippen LogP) is 3.55. The number of likely N-dealkylation sites (N-methyl/N-ethyl adjacent to an activating group) is 1. The largest absolute Gasteiger partial charge is 0.497 e. The van der Waals surface area contributed by atoms with Crippen LogP contribution in [0.2, 0.25) is 0 Å². The zero-order valence-electron chi connectivity index (χ0n) is 19.8. The normalized spacial score (nSPS) is 18.2. The van der Waals surface area contributed by atoms with Crippen LogP contribution in [0.3, 0.4) is 0 Å². The SMILES string of the molecule is COc1ccc(CS[C@@H]2C[C@@H](C(=O)N(C)NC(=O)O)N(S(=O)(=O)c3ccc4ccccc4c3)C2)cc1. The van der Waals surface area contributed by atoms with Crippen LogP contribution >= 0.6 is 11.8 Å². The molecule has 0 aromatic heterocycles. The summed E-state index contributed by atoms with van der Waals surface area (Å²) in [7, 11) is -1.16. The van der Waals surface area contributed by atoms with Gasteiger partial charge in [0.25, 0.3) is 5.91 Å². The molecule has 11 heteroatoms. The Morgan fingerprint density at radius 1 is 1.11 bits per heavy atom. The van der Waals surface area contributed by atoms with Gasteiger partial charge >= 0.3 is 6.09 Å². The number of hydrogen-bond acceptors (Lipinski definition) is 6. The van der Waals surface area contributed by atoms with Crippen LogP contribution in [0.15, 0.2) is 71.6 Å². The van der Waals surface area contributed by atoms with Gasteiger partial charge in [-0.05, 0) is 47.0 Å². The molecule has 1 heterocycles. The number of carboxylic acid groups (broad SMARTS) is 1. The fourth-order valence-electron chi connectivity index (χ4n) is 4.20.